The molecule has 1 heterocycles. The summed E-state index contributed by atoms with van der Waals surface area (Å²) in [5.41, 5.74) is -1.80. The van der Waals surface area contributed by atoms with Crippen molar-refractivity contribution in [2.45, 2.75) is 52.1 Å². The van der Waals surface area contributed by atoms with E-state index in [0.717, 1.165) is 19.4 Å². The van der Waals surface area contributed by atoms with E-state index in [-0.39, 0.29) is 11.9 Å². The zero-order valence-electron chi connectivity index (χ0n) is 11.0. The average Bonchev–Trinajstić information content (AvgIpc) is 2.68. The molecule has 1 atom stereocenters. The molecule has 98 valence electrons. The highest BCUT2D eigenvalue weighted by molar-refractivity contribution is 5.84. The van der Waals surface area contributed by atoms with E-state index in [2.05, 4.69) is 10.6 Å². The Morgan fingerprint density at radius 2 is 1.88 bits per heavy atom. The molecule has 0 unspecified atom stereocenters. The lowest BCUT2D eigenvalue weighted by molar-refractivity contribution is -0.151. The van der Waals surface area contributed by atoms with Gasteiger partial charge in [0.15, 0.2) is 0 Å². The van der Waals surface area contributed by atoms with Crippen LogP contribution in [0.2, 0.25) is 0 Å². The molecule has 3 N–H and O–H groups in total. The summed E-state index contributed by atoms with van der Waals surface area (Å²) in [5.74, 6) is -1.02. The Morgan fingerprint density at radius 1 is 1.29 bits per heavy atom. The molecule has 1 aliphatic heterocycles. The first-order valence-electron chi connectivity index (χ1n) is 5.97. The van der Waals surface area contributed by atoms with Crippen LogP contribution >= 0.6 is 0 Å². The van der Waals surface area contributed by atoms with Crippen molar-refractivity contribution >= 4 is 11.9 Å². The molecule has 5 nitrogen and oxygen atoms in total. The molecule has 0 aromatic carbocycles. The molecule has 0 aromatic heterocycles. The van der Waals surface area contributed by atoms with Crippen LogP contribution in [0.1, 0.15) is 40.5 Å². The van der Waals surface area contributed by atoms with Gasteiger partial charge in [-0.25, -0.2) is 0 Å². The quantitative estimate of drug-likeness (QED) is 0.679. The van der Waals surface area contributed by atoms with Gasteiger partial charge in [0, 0.05) is 0 Å². The fourth-order valence-corrected chi connectivity index (χ4v) is 1.73. The fourth-order valence-electron chi connectivity index (χ4n) is 1.73. The van der Waals surface area contributed by atoms with Gasteiger partial charge in [0.05, 0.1) is 17.0 Å². The molecule has 1 rings (SSSR count). The number of carboxylic acid groups (broad SMARTS) is 1. The van der Waals surface area contributed by atoms with Crippen LogP contribution in [0.15, 0.2) is 0 Å². The second kappa shape index (κ2) is 4.64. The summed E-state index contributed by atoms with van der Waals surface area (Å²) >= 11 is 0. The highest BCUT2D eigenvalue weighted by Gasteiger charge is 2.45. The number of nitrogens with one attached hydrogen (secondary N) is 2. The van der Waals surface area contributed by atoms with Crippen molar-refractivity contribution < 1.29 is 14.7 Å². The van der Waals surface area contributed by atoms with Crippen molar-refractivity contribution in [1.82, 2.24) is 10.6 Å². The summed E-state index contributed by atoms with van der Waals surface area (Å²) < 4.78 is 0. The van der Waals surface area contributed by atoms with Crippen LogP contribution in [0.4, 0.5) is 0 Å². The summed E-state index contributed by atoms with van der Waals surface area (Å²) in [7, 11) is 0. The van der Waals surface area contributed by atoms with E-state index in [1.807, 2.05) is 0 Å². The lowest BCUT2D eigenvalue weighted by Crippen LogP contribution is -2.59. The molecule has 0 saturated carbocycles. The van der Waals surface area contributed by atoms with Gasteiger partial charge in [-0.1, -0.05) is 0 Å². The van der Waals surface area contributed by atoms with Gasteiger partial charge in [0.25, 0.3) is 0 Å². The lowest BCUT2D eigenvalue weighted by atomic mass is 9.74. The molecule has 1 aliphatic rings. The second-order valence-electron chi connectivity index (χ2n) is 5.69. The third-order valence-electron chi connectivity index (χ3n) is 3.91. The van der Waals surface area contributed by atoms with Gasteiger partial charge in [0.2, 0.25) is 5.91 Å². The summed E-state index contributed by atoms with van der Waals surface area (Å²) in [6.07, 6.45) is 1.80. The van der Waals surface area contributed by atoms with E-state index in [1.165, 1.54) is 0 Å². The zero-order valence-corrected chi connectivity index (χ0v) is 11.0. The van der Waals surface area contributed by atoms with Crippen molar-refractivity contribution in [2.75, 3.05) is 6.54 Å². The van der Waals surface area contributed by atoms with Crippen LogP contribution < -0.4 is 10.6 Å². The van der Waals surface area contributed by atoms with Crippen molar-refractivity contribution in [1.29, 1.82) is 0 Å². The molecule has 0 bridgehead atoms. The van der Waals surface area contributed by atoms with Crippen LogP contribution in [-0.2, 0) is 9.59 Å². The summed E-state index contributed by atoms with van der Waals surface area (Å²) in [6.45, 7) is 7.58. The van der Waals surface area contributed by atoms with Crippen LogP contribution in [0, 0.1) is 5.41 Å². The van der Waals surface area contributed by atoms with Gasteiger partial charge >= 0.3 is 5.97 Å². The van der Waals surface area contributed by atoms with E-state index >= 15 is 0 Å². The highest BCUT2D eigenvalue weighted by Crippen LogP contribution is 2.30. The number of hydrogen-bond acceptors (Lipinski definition) is 3. The second-order valence-corrected chi connectivity index (χ2v) is 5.69. The van der Waals surface area contributed by atoms with E-state index in [4.69, 9.17) is 0 Å². The lowest BCUT2D eigenvalue weighted by Gasteiger charge is -2.39. The minimum atomic E-state index is -1.01. The maximum atomic E-state index is 12.0. The van der Waals surface area contributed by atoms with Crippen LogP contribution in [0.3, 0.4) is 0 Å². The summed E-state index contributed by atoms with van der Waals surface area (Å²) in [5, 5.41) is 15.1. The number of aliphatic carboxylic acids is 1. The van der Waals surface area contributed by atoms with E-state index < -0.39 is 16.9 Å². The predicted octanol–water partition coefficient (Wildman–Crippen LogP) is 0.744. The third-order valence-corrected chi connectivity index (χ3v) is 3.91. The van der Waals surface area contributed by atoms with E-state index in [0.29, 0.717) is 0 Å². The Balaban J connectivity index is 2.71. The first-order valence-corrected chi connectivity index (χ1v) is 5.97. The largest absolute Gasteiger partial charge is 0.481 e. The SMILES string of the molecule is CC(C)(NC(=O)[C@H]1CCCN1)C(C)(C)C(=O)O. The smallest absolute Gasteiger partial charge is 0.311 e. The van der Waals surface area contributed by atoms with Crippen LogP contribution in [0.5, 0.6) is 0 Å². The van der Waals surface area contributed by atoms with Crippen molar-refractivity contribution in [3.05, 3.63) is 0 Å². The van der Waals surface area contributed by atoms with Gasteiger partial charge < -0.3 is 15.7 Å². The van der Waals surface area contributed by atoms with Gasteiger partial charge in [0.1, 0.15) is 0 Å². The Morgan fingerprint density at radius 3 is 2.29 bits per heavy atom. The minimum absolute atomic E-state index is 0.109. The Hall–Kier alpha value is -1.10. The monoisotopic (exact) mass is 242 g/mol. The molecule has 1 saturated heterocycles. The third kappa shape index (κ3) is 2.77. The number of rotatable bonds is 4. The standard InChI is InChI=1S/C12H22N2O3/c1-11(2,10(16)17)12(3,4)14-9(15)8-6-5-7-13-8/h8,13H,5-7H2,1-4H3,(H,14,15)(H,16,17)/t8-/m1/s1. The number of amides is 1. The van der Waals surface area contributed by atoms with Crippen molar-refractivity contribution in [3.63, 3.8) is 0 Å². The molecule has 17 heavy (non-hydrogen) atoms. The highest BCUT2D eigenvalue weighted by atomic mass is 16.4. The van der Waals surface area contributed by atoms with Crippen LogP contribution in [0.25, 0.3) is 0 Å². The number of carboxylic acids is 1. The predicted molar refractivity (Wildman–Crippen MR) is 64.7 cm³/mol. The van der Waals surface area contributed by atoms with Gasteiger partial charge in [-0.2, -0.15) is 0 Å². The molecule has 1 amide bonds. The number of carbonyl (C=O) groups excluding carboxylic acids is 1. The van der Waals surface area contributed by atoms with Gasteiger partial charge in [-0.05, 0) is 47.1 Å². The molecular weight excluding hydrogens is 220 g/mol. The maximum absolute atomic E-state index is 12.0. The Labute approximate surface area is 102 Å². The van der Waals surface area contributed by atoms with E-state index in [1.54, 1.807) is 27.7 Å². The van der Waals surface area contributed by atoms with Crippen molar-refractivity contribution in [2.24, 2.45) is 5.41 Å². The fraction of sp³-hybridized carbons (Fsp3) is 0.833. The molecule has 0 aliphatic carbocycles. The van der Waals surface area contributed by atoms with E-state index in [9.17, 15) is 14.7 Å². The molecule has 0 aromatic rings. The summed E-state index contributed by atoms with van der Waals surface area (Å²) in [6, 6.07) is -0.182. The Bertz CT molecular complexity index is 318. The number of hydrogen-bond donors (Lipinski definition) is 3. The molecule has 1 fully saturated rings. The van der Waals surface area contributed by atoms with Crippen molar-refractivity contribution in [3.8, 4) is 0 Å². The summed E-state index contributed by atoms with van der Waals surface area (Å²) in [4.78, 5) is 23.2. The van der Waals surface area contributed by atoms with Gasteiger partial charge in [-0.15, -0.1) is 0 Å². The normalized spacial score (nSPS) is 21.3. The molecular formula is C12H22N2O3. The average molecular weight is 242 g/mol. The first kappa shape index (κ1) is 14.0. The topological polar surface area (TPSA) is 78.4 Å². The van der Waals surface area contributed by atoms with Crippen LogP contribution in [-0.4, -0.2) is 35.1 Å². The molecule has 0 spiro atoms. The minimum Gasteiger partial charge on any atom is -0.481 e. The van der Waals surface area contributed by atoms with Gasteiger partial charge in [-0.3, -0.25) is 9.59 Å². The maximum Gasteiger partial charge on any atom is 0.311 e. The first-order chi connectivity index (χ1) is 7.68. The Kier molecular flexibility index (Phi) is 3.81. The zero-order chi connectivity index (χ0) is 13.3. The number of carbonyl (C=O) groups is 2. The molecule has 5 heteroatoms. The molecule has 0 radical (unpaired) electrons.